The van der Waals surface area contributed by atoms with Crippen LogP contribution in [0.25, 0.3) is 0 Å². The van der Waals surface area contributed by atoms with Gasteiger partial charge in [-0.2, -0.15) is 0 Å². The predicted molar refractivity (Wildman–Crippen MR) is 67.5 cm³/mol. The fourth-order valence-corrected chi connectivity index (χ4v) is 2.17. The molecular formula is C13H20N2O2. The molecule has 0 aliphatic carbocycles. The summed E-state index contributed by atoms with van der Waals surface area (Å²) in [5.41, 5.74) is 1.80. The maximum atomic E-state index is 10.1. The van der Waals surface area contributed by atoms with Crippen LogP contribution in [0.4, 0.5) is 0 Å². The Morgan fingerprint density at radius 2 is 2.06 bits per heavy atom. The molecule has 0 spiro atoms. The molecule has 1 aromatic carbocycles. The van der Waals surface area contributed by atoms with Gasteiger partial charge in [0.25, 0.3) is 0 Å². The van der Waals surface area contributed by atoms with Crippen molar-refractivity contribution in [2.45, 2.75) is 13.5 Å². The van der Waals surface area contributed by atoms with Crippen molar-refractivity contribution in [2.24, 2.45) is 0 Å². The lowest BCUT2D eigenvalue weighted by Gasteiger charge is -2.28. The second-order valence-corrected chi connectivity index (χ2v) is 4.44. The monoisotopic (exact) mass is 236 g/mol. The number of methoxy groups -OCH3 is 1. The van der Waals surface area contributed by atoms with Crippen molar-refractivity contribution in [1.29, 1.82) is 0 Å². The molecule has 0 saturated carbocycles. The average Bonchev–Trinajstić information content (AvgIpc) is 2.37. The molecule has 0 atom stereocenters. The molecule has 2 rings (SSSR count). The largest absolute Gasteiger partial charge is 0.507 e. The lowest BCUT2D eigenvalue weighted by atomic mass is 10.1. The molecule has 0 amide bonds. The fourth-order valence-electron chi connectivity index (χ4n) is 2.17. The van der Waals surface area contributed by atoms with E-state index >= 15 is 0 Å². The van der Waals surface area contributed by atoms with Crippen molar-refractivity contribution in [3.63, 3.8) is 0 Å². The van der Waals surface area contributed by atoms with Crippen LogP contribution in [0.15, 0.2) is 12.1 Å². The Bertz CT molecular complexity index is 387. The Kier molecular flexibility index (Phi) is 3.86. The molecule has 4 heteroatoms. The number of nitrogens with zero attached hydrogens (tertiary/aromatic N) is 1. The van der Waals surface area contributed by atoms with Gasteiger partial charge in [0.15, 0.2) is 0 Å². The summed E-state index contributed by atoms with van der Waals surface area (Å²) in [5.74, 6) is 1.13. The molecule has 17 heavy (non-hydrogen) atoms. The molecule has 0 bridgehead atoms. The van der Waals surface area contributed by atoms with Gasteiger partial charge in [-0.05, 0) is 18.6 Å². The second kappa shape index (κ2) is 5.38. The van der Waals surface area contributed by atoms with Crippen molar-refractivity contribution < 1.29 is 9.84 Å². The lowest BCUT2D eigenvalue weighted by Crippen LogP contribution is -2.42. The number of phenols is 1. The van der Waals surface area contributed by atoms with Gasteiger partial charge in [0.2, 0.25) is 0 Å². The molecule has 4 nitrogen and oxygen atoms in total. The Morgan fingerprint density at radius 1 is 1.35 bits per heavy atom. The summed E-state index contributed by atoms with van der Waals surface area (Å²) in [7, 11) is 1.64. The third-order valence-electron chi connectivity index (χ3n) is 3.25. The van der Waals surface area contributed by atoms with Crippen molar-refractivity contribution >= 4 is 0 Å². The number of nitrogens with one attached hydrogen (secondary N) is 1. The normalized spacial score (nSPS) is 17.1. The molecule has 94 valence electrons. The van der Waals surface area contributed by atoms with Crippen LogP contribution in [-0.2, 0) is 6.54 Å². The van der Waals surface area contributed by atoms with Gasteiger partial charge in [-0.1, -0.05) is 6.07 Å². The highest BCUT2D eigenvalue weighted by Crippen LogP contribution is 2.31. The SMILES string of the molecule is COc1ccc(C)c(O)c1CN1CCNCC1. The number of hydrogen-bond donors (Lipinski definition) is 2. The summed E-state index contributed by atoms with van der Waals surface area (Å²) < 4.78 is 5.32. The van der Waals surface area contributed by atoms with Gasteiger partial charge in [-0.15, -0.1) is 0 Å². The number of ether oxygens (including phenoxy) is 1. The molecule has 1 saturated heterocycles. The second-order valence-electron chi connectivity index (χ2n) is 4.44. The molecule has 0 aromatic heterocycles. The van der Waals surface area contributed by atoms with Gasteiger partial charge < -0.3 is 15.2 Å². The van der Waals surface area contributed by atoms with Crippen LogP contribution in [0.3, 0.4) is 0 Å². The Hall–Kier alpha value is -1.26. The molecule has 1 heterocycles. The summed E-state index contributed by atoms with van der Waals surface area (Å²) in [6, 6.07) is 3.81. The summed E-state index contributed by atoms with van der Waals surface area (Å²) in [6.45, 7) is 6.70. The first-order valence-electron chi connectivity index (χ1n) is 6.01. The van der Waals surface area contributed by atoms with Gasteiger partial charge in [-0.25, -0.2) is 0 Å². The summed E-state index contributed by atoms with van der Waals surface area (Å²) in [5, 5.41) is 13.4. The smallest absolute Gasteiger partial charge is 0.127 e. The summed E-state index contributed by atoms with van der Waals surface area (Å²) >= 11 is 0. The standard InChI is InChI=1S/C13H20N2O2/c1-10-3-4-12(17-2)11(13(10)16)9-15-7-5-14-6-8-15/h3-4,14,16H,5-9H2,1-2H3. The van der Waals surface area contributed by atoms with Crippen LogP contribution >= 0.6 is 0 Å². The van der Waals surface area contributed by atoms with Crippen molar-refractivity contribution in [3.05, 3.63) is 23.3 Å². The highest BCUT2D eigenvalue weighted by atomic mass is 16.5. The predicted octanol–water partition coefficient (Wildman–Crippen LogP) is 1.11. The number of benzene rings is 1. The first-order valence-corrected chi connectivity index (χ1v) is 6.01. The minimum absolute atomic E-state index is 0.364. The summed E-state index contributed by atoms with van der Waals surface area (Å²) in [6.07, 6.45) is 0. The van der Waals surface area contributed by atoms with E-state index in [0.717, 1.165) is 49.6 Å². The molecule has 1 aliphatic heterocycles. The maximum absolute atomic E-state index is 10.1. The molecular weight excluding hydrogens is 216 g/mol. The van der Waals surface area contributed by atoms with Crippen molar-refractivity contribution in [2.75, 3.05) is 33.3 Å². The van der Waals surface area contributed by atoms with Crippen LogP contribution in [0, 0.1) is 6.92 Å². The van der Waals surface area contributed by atoms with E-state index in [4.69, 9.17) is 4.74 Å². The van der Waals surface area contributed by atoms with Gasteiger partial charge in [0.05, 0.1) is 12.7 Å². The van der Waals surface area contributed by atoms with E-state index in [9.17, 15) is 5.11 Å². The Balaban J connectivity index is 2.20. The third-order valence-corrected chi connectivity index (χ3v) is 3.25. The molecule has 0 unspecified atom stereocenters. The van der Waals surface area contributed by atoms with Crippen LogP contribution < -0.4 is 10.1 Å². The number of aryl methyl sites for hydroxylation is 1. The van der Waals surface area contributed by atoms with E-state index in [2.05, 4.69) is 10.2 Å². The van der Waals surface area contributed by atoms with Crippen molar-refractivity contribution in [1.82, 2.24) is 10.2 Å². The zero-order valence-electron chi connectivity index (χ0n) is 10.5. The first kappa shape index (κ1) is 12.2. The molecule has 1 aliphatic rings. The third kappa shape index (κ3) is 2.70. The quantitative estimate of drug-likeness (QED) is 0.825. The van der Waals surface area contributed by atoms with Gasteiger partial charge in [-0.3, -0.25) is 4.90 Å². The van der Waals surface area contributed by atoms with E-state index in [1.807, 2.05) is 19.1 Å². The lowest BCUT2D eigenvalue weighted by molar-refractivity contribution is 0.227. The van der Waals surface area contributed by atoms with Gasteiger partial charge in [0, 0.05) is 32.7 Å². The zero-order chi connectivity index (χ0) is 12.3. The maximum Gasteiger partial charge on any atom is 0.127 e. The molecule has 0 radical (unpaired) electrons. The average molecular weight is 236 g/mol. The zero-order valence-corrected chi connectivity index (χ0v) is 10.5. The molecule has 1 fully saturated rings. The number of hydrogen-bond acceptors (Lipinski definition) is 4. The minimum atomic E-state index is 0.364. The van der Waals surface area contributed by atoms with E-state index in [-0.39, 0.29) is 0 Å². The fraction of sp³-hybridized carbons (Fsp3) is 0.538. The van der Waals surface area contributed by atoms with Crippen molar-refractivity contribution in [3.8, 4) is 11.5 Å². The Labute approximate surface area is 102 Å². The van der Waals surface area contributed by atoms with Gasteiger partial charge >= 0.3 is 0 Å². The number of phenolic OH excluding ortho intramolecular Hbond substituents is 1. The van der Waals surface area contributed by atoms with Crippen LogP contribution in [0.1, 0.15) is 11.1 Å². The van der Waals surface area contributed by atoms with E-state index in [0.29, 0.717) is 5.75 Å². The minimum Gasteiger partial charge on any atom is -0.507 e. The molecule has 1 aromatic rings. The number of rotatable bonds is 3. The Morgan fingerprint density at radius 3 is 2.71 bits per heavy atom. The van der Waals surface area contributed by atoms with Crippen LogP contribution in [0.5, 0.6) is 11.5 Å². The van der Waals surface area contributed by atoms with Crippen LogP contribution in [-0.4, -0.2) is 43.3 Å². The molecule has 2 N–H and O–H groups in total. The van der Waals surface area contributed by atoms with E-state index < -0.39 is 0 Å². The van der Waals surface area contributed by atoms with E-state index in [1.54, 1.807) is 7.11 Å². The number of aromatic hydroxyl groups is 1. The number of piperazine rings is 1. The first-order chi connectivity index (χ1) is 8.22. The highest BCUT2D eigenvalue weighted by molar-refractivity contribution is 5.48. The topological polar surface area (TPSA) is 44.7 Å². The van der Waals surface area contributed by atoms with Crippen LogP contribution in [0.2, 0.25) is 0 Å². The highest BCUT2D eigenvalue weighted by Gasteiger charge is 2.16. The van der Waals surface area contributed by atoms with E-state index in [1.165, 1.54) is 0 Å². The summed E-state index contributed by atoms with van der Waals surface area (Å²) in [4.78, 5) is 2.33. The van der Waals surface area contributed by atoms with Gasteiger partial charge in [0.1, 0.15) is 11.5 Å².